The van der Waals surface area contributed by atoms with Crippen LogP contribution >= 0.6 is 11.3 Å². The summed E-state index contributed by atoms with van der Waals surface area (Å²) in [4.78, 5) is 7.57. The number of fused-ring (bicyclic) bond motifs is 1. The fraction of sp³-hybridized carbons (Fsp3) is 0.690. The highest BCUT2D eigenvalue weighted by Gasteiger charge is 2.37. The van der Waals surface area contributed by atoms with Crippen molar-refractivity contribution < 1.29 is 5.11 Å². The Morgan fingerprint density at radius 3 is 2.36 bits per heavy atom. The molecule has 1 aliphatic carbocycles. The average Bonchev–Trinajstić information content (AvgIpc) is 3.26. The molecule has 1 N–H and O–H groups in total. The largest absolute Gasteiger partial charge is 0.392 e. The first kappa shape index (κ1) is 24.9. The van der Waals surface area contributed by atoms with Crippen LogP contribution < -0.4 is 0 Å². The van der Waals surface area contributed by atoms with E-state index >= 15 is 0 Å². The minimum atomic E-state index is -0.186. The maximum atomic E-state index is 10.4. The molecule has 1 unspecified atom stereocenters. The summed E-state index contributed by atoms with van der Waals surface area (Å²) in [6.45, 7) is 17.0. The van der Waals surface area contributed by atoms with Crippen LogP contribution in [0.15, 0.2) is 23.6 Å². The third kappa shape index (κ3) is 5.71. The molecule has 1 atom stereocenters. The molecule has 2 heterocycles. The van der Waals surface area contributed by atoms with Crippen molar-refractivity contribution in [1.29, 1.82) is 0 Å². The summed E-state index contributed by atoms with van der Waals surface area (Å²) in [5, 5.41) is 13.9. The zero-order valence-electron chi connectivity index (χ0n) is 21.7. The van der Waals surface area contributed by atoms with Crippen molar-refractivity contribution in [3.05, 3.63) is 39.7 Å². The fourth-order valence-corrected chi connectivity index (χ4v) is 6.63. The van der Waals surface area contributed by atoms with E-state index in [1.807, 2.05) is 11.3 Å². The van der Waals surface area contributed by atoms with Gasteiger partial charge in [-0.25, -0.2) is 4.98 Å². The van der Waals surface area contributed by atoms with Crippen molar-refractivity contribution in [3.8, 4) is 11.3 Å². The van der Waals surface area contributed by atoms with Crippen molar-refractivity contribution in [3.63, 3.8) is 0 Å². The van der Waals surface area contributed by atoms with Gasteiger partial charge in [-0.1, -0.05) is 53.7 Å². The molecule has 1 aliphatic heterocycles. The zero-order valence-corrected chi connectivity index (χ0v) is 22.5. The van der Waals surface area contributed by atoms with Gasteiger partial charge in [0.05, 0.1) is 16.8 Å². The van der Waals surface area contributed by atoms with Crippen LogP contribution in [0.4, 0.5) is 0 Å². The van der Waals surface area contributed by atoms with Crippen molar-refractivity contribution in [2.24, 2.45) is 5.92 Å². The van der Waals surface area contributed by atoms with Crippen LogP contribution in [0.1, 0.15) is 102 Å². The summed E-state index contributed by atoms with van der Waals surface area (Å²) in [6, 6.07) is 7.09. The van der Waals surface area contributed by atoms with Crippen LogP contribution in [-0.4, -0.2) is 40.7 Å². The van der Waals surface area contributed by atoms with E-state index in [1.165, 1.54) is 34.5 Å². The van der Waals surface area contributed by atoms with Gasteiger partial charge in [-0.2, -0.15) is 0 Å². The number of piperidine rings is 1. The lowest BCUT2D eigenvalue weighted by molar-refractivity contribution is 0.0870. The van der Waals surface area contributed by atoms with Crippen molar-refractivity contribution >= 4 is 11.3 Å². The molecule has 1 aromatic heterocycles. The van der Waals surface area contributed by atoms with Gasteiger partial charge in [-0.15, -0.1) is 11.3 Å². The summed E-state index contributed by atoms with van der Waals surface area (Å²) < 4.78 is 0. The van der Waals surface area contributed by atoms with Crippen LogP contribution in [0.3, 0.4) is 0 Å². The highest BCUT2D eigenvalue weighted by Crippen LogP contribution is 2.47. The molecular weight excluding hydrogens is 424 g/mol. The fourth-order valence-electron chi connectivity index (χ4n) is 5.63. The third-order valence-corrected chi connectivity index (χ3v) is 9.16. The predicted molar refractivity (Wildman–Crippen MR) is 141 cm³/mol. The topological polar surface area (TPSA) is 36.4 Å². The number of β-amino-alcohol motifs (C(OH)–C–C–N with tert-alkyl or cyclic N) is 1. The maximum absolute atomic E-state index is 10.4. The molecule has 1 aromatic carbocycles. The van der Waals surface area contributed by atoms with E-state index in [0.29, 0.717) is 11.8 Å². The van der Waals surface area contributed by atoms with Gasteiger partial charge >= 0.3 is 0 Å². The van der Waals surface area contributed by atoms with Crippen LogP contribution in [0.2, 0.25) is 0 Å². The van der Waals surface area contributed by atoms with Crippen molar-refractivity contribution in [2.45, 2.75) is 103 Å². The van der Waals surface area contributed by atoms with E-state index in [-0.39, 0.29) is 16.9 Å². The number of likely N-dealkylation sites (tertiary alicyclic amines) is 1. The second-order valence-corrected chi connectivity index (χ2v) is 13.2. The molecule has 4 rings (SSSR count). The van der Waals surface area contributed by atoms with E-state index in [4.69, 9.17) is 4.98 Å². The van der Waals surface area contributed by atoms with Gasteiger partial charge in [-0.05, 0) is 85.6 Å². The van der Waals surface area contributed by atoms with E-state index in [1.54, 1.807) is 0 Å². The predicted octanol–water partition coefficient (Wildman–Crippen LogP) is 7.14. The summed E-state index contributed by atoms with van der Waals surface area (Å²) in [5.41, 5.74) is 5.92. The van der Waals surface area contributed by atoms with Crippen LogP contribution in [0.25, 0.3) is 11.3 Å². The van der Waals surface area contributed by atoms with Gasteiger partial charge in [-0.3, -0.25) is 0 Å². The molecule has 1 saturated heterocycles. The number of hydrogen-bond donors (Lipinski definition) is 1. The lowest BCUT2D eigenvalue weighted by Gasteiger charge is -2.42. The molecule has 4 heteroatoms. The molecule has 2 aromatic rings. The first-order chi connectivity index (χ1) is 15.5. The highest BCUT2D eigenvalue weighted by atomic mass is 32.1. The van der Waals surface area contributed by atoms with E-state index in [0.717, 1.165) is 51.0 Å². The molecule has 0 saturated carbocycles. The Hall–Kier alpha value is -1.23. The Morgan fingerprint density at radius 2 is 1.70 bits per heavy atom. The number of aromatic nitrogens is 1. The Kier molecular flexibility index (Phi) is 7.38. The minimum Gasteiger partial charge on any atom is -0.392 e. The minimum absolute atomic E-state index is 0.186. The molecule has 3 nitrogen and oxygen atoms in total. The standard InChI is InChI=1S/C29H44N2OS/c1-20(2)7-9-23(32)18-31-15-11-21(12-16-31)27-30-26(19-33-27)22-8-10-24-25(17-22)29(5,6)14-13-28(24,3)4/h8,10,17,19-21,23,32H,7,9,11-16,18H2,1-6H3. The van der Waals surface area contributed by atoms with E-state index < -0.39 is 0 Å². The van der Waals surface area contributed by atoms with Gasteiger partial charge < -0.3 is 10.0 Å². The van der Waals surface area contributed by atoms with Crippen LogP contribution in [0.5, 0.6) is 0 Å². The Morgan fingerprint density at radius 1 is 1.03 bits per heavy atom. The van der Waals surface area contributed by atoms with Gasteiger partial charge in [0.15, 0.2) is 0 Å². The molecular formula is C29H44N2OS. The van der Waals surface area contributed by atoms with Gasteiger partial charge in [0.1, 0.15) is 0 Å². The first-order valence-electron chi connectivity index (χ1n) is 13.1. The lowest BCUT2D eigenvalue weighted by Crippen LogP contribution is -2.38. The molecule has 33 heavy (non-hydrogen) atoms. The van der Waals surface area contributed by atoms with Crippen molar-refractivity contribution in [2.75, 3.05) is 19.6 Å². The van der Waals surface area contributed by atoms with Crippen molar-refractivity contribution in [1.82, 2.24) is 9.88 Å². The number of rotatable bonds is 7. The molecule has 182 valence electrons. The van der Waals surface area contributed by atoms with E-state index in [9.17, 15) is 5.11 Å². The first-order valence-corrected chi connectivity index (χ1v) is 13.9. The molecule has 1 fully saturated rings. The van der Waals surface area contributed by atoms with Gasteiger partial charge in [0.2, 0.25) is 0 Å². The second-order valence-electron chi connectivity index (χ2n) is 12.3. The van der Waals surface area contributed by atoms with Crippen LogP contribution in [0, 0.1) is 5.92 Å². The normalized spacial score (nSPS) is 21.8. The number of thiazole rings is 1. The highest BCUT2D eigenvalue weighted by molar-refractivity contribution is 7.10. The zero-order chi connectivity index (χ0) is 23.8. The molecule has 2 aliphatic rings. The lowest BCUT2D eigenvalue weighted by atomic mass is 9.63. The monoisotopic (exact) mass is 468 g/mol. The average molecular weight is 469 g/mol. The smallest absolute Gasteiger partial charge is 0.0964 e. The Labute approximate surface area is 205 Å². The quantitative estimate of drug-likeness (QED) is 0.469. The van der Waals surface area contributed by atoms with Crippen LogP contribution in [-0.2, 0) is 10.8 Å². The van der Waals surface area contributed by atoms with Gasteiger partial charge in [0.25, 0.3) is 0 Å². The molecule has 0 bridgehead atoms. The second kappa shape index (κ2) is 9.79. The SMILES string of the molecule is CC(C)CCC(O)CN1CCC(c2nc(-c3ccc4c(c3)C(C)(C)CCC4(C)C)cs2)CC1. The summed E-state index contributed by atoms with van der Waals surface area (Å²) in [7, 11) is 0. The number of hydrogen-bond acceptors (Lipinski definition) is 4. The number of aliphatic hydroxyl groups excluding tert-OH is 1. The maximum Gasteiger partial charge on any atom is 0.0964 e. The van der Waals surface area contributed by atoms with Gasteiger partial charge in [0, 0.05) is 23.4 Å². The number of nitrogens with zero attached hydrogens (tertiary/aromatic N) is 2. The number of aliphatic hydroxyl groups is 1. The summed E-state index contributed by atoms with van der Waals surface area (Å²) in [5.74, 6) is 1.22. The third-order valence-electron chi connectivity index (χ3n) is 8.15. The molecule has 0 radical (unpaired) electrons. The summed E-state index contributed by atoms with van der Waals surface area (Å²) >= 11 is 1.84. The number of benzene rings is 1. The summed E-state index contributed by atoms with van der Waals surface area (Å²) in [6.07, 6.45) is 6.63. The Balaban J connectivity index is 1.40. The molecule has 0 spiro atoms. The molecule has 0 amide bonds. The Bertz CT molecular complexity index is 937. The van der Waals surface area contributed by atoms with E-state index in [2.05, 4.69) is 70.0 Å².